The zero-order valence-electron chi connectivity index (χ0n) is 17.8. The molecule has 1 amide bonds. The van der Waals surface area contributed by atoms with Gasteiger partial charge in [0.15, 0.2) is 5.65 Å². The summed E-state index contributed by atoms with van der Waals surface area (Å²) < 4.78 is 2.05. The van der Waals surface area contributed by atoms with E-state index in [0.29, 0.717) is 5.56 Å². The second-order valence-corrected chi connectivity index (χ2v) is 8.14. The van der Waals surface area contributed by atoms with Crippen LogP contribution in [0, 0.1) is 6.92 Å². The Morgan fingerprint density at radius 1 is 0.935 bits per heavy atom. The molecule has 31 heavy (non-hydrogen) atoms. The topological polar surface area (TPSA) is 53.7 Å². The molecule has 156 valence electrons. The number of fused-ring (bicyclic) bond motifs is 1. The molecular formula is C25H25N5O. The first-order valence-electron chi connectivity index (χ1n) is 10.6. The van der Waals surface area contributed by atoms with Crippen molar-refractivity contribution in [1.82, 2.24) is 24.2 Å². The molecule has 0 radical (unpaired) electrons. The highest BCUT2D eigenvalue weighted by Gasteiger charge is 2.21. The molecule has 1 aliphatic rings. The van der Waals surface area contributed by atoms with E-state index in [1.54, 1.807) is 6.20 Å². The first-order valence-corrected chi connectivity index (χ1v) is 10.6. The van der Waals surface area contributed by atoms with E-state index in [-0.39, 0.29) is 5.91 Å². The van der Waals surface area contributed by atoms with Gasteiger partial charge in [-0.25, -0.2) is 4.98 Å². The highest BCUT2D eigenvalue weighted by Crippen LogP contribution is 2.26. The molecule has 6 heteroatoms. The van der Waals surface area contributed by atoms with Crippen molar-refractivity contribution in [1.29, 1.82) is 0 Å². The van der Waals surface area contributed by atoms with Crippen molar-refractivity contribution in [3.63, 3.8) is 0 Å². The van der Waals surface area contributed by atoms with Crippen molar-refractivity contribution in [2.45, 2.75) is 6.92 Å². The summed E-state index contributed by atoms with van der Waals surface area (Å²) in [5.74, 6) is 0.0889. The maximum atomic E-state index is 13.0. The predicted octanol–water partition coefficient (Wildman–Crippen LogP) is 3.76. The Hall–Kier alpha value is -3.51. The molecule has 0 N–H and O–H groups in total. The van der Waals surface area contributed by atoms with E-state index < -0.39 is 0 Å². The number of imidazole rings is 1. The molecule has 1 saturated heterocycles. The average Bonchev–Trinajstić information content (AvgIpc) is 3.23. The van der Waals surface area contributed by atoms with Gasteiger partial charge in [-0.15, -0.1) is 0 Å². The molecule has 1 aliphatic heterocycles. The van der Waals surface area contributed by atoms with Crippen LogP contribution in [0.2, 0.25) is 0 Å². The lowest BCUT2D eigenvalue weighted by atomic mass is 10.1. The summed E-state index contributed by atoms with van der Waals surface area (Å²) in [5, 5.41) is 0. The number of aryl methyl sites for hydroxylation is 1. The van der Waals surface area contributed by atoms with Crippen LogP contribution < -0.4 is 0 Å². The van der Waals surface area contributed by atoms with Gasteiger partial charge in [0.2, 0.25) is 0 Å². The molecule has 0 unspecified atom stereocenters. The Morgan fingerprint density at radius 3 is 2.55 bits per heavy atom. The molecule has 5 rings (SSSR count). The Kier molecular flexibility index (Phi) is 5.00. The minimum atomic E-state index is 0.0889. The third-order valence-corrected chi connectivity index (χ3v) is 6.01. The largest absolute Gasteiger partial charge is 0.336 e. The summed E-state index contributed by atoms with van der Waals surface area (Å²) >= 11 is 0. The molecule has 0 aliphatic carbocycles. The minimum absolute atomic E-state index is 0.0889. The van der Waals surface area contributed by atoms with Gasteiger partial charge < -0.3 is 9.80 Å². The number of piperazine rings is 1. The predicted molar refractivity (Wildman–Crippen MR) is 122 cm³/mol. The van der Waals surface area contributed by atoms with Crippen LogP contribution in [0.4, 0.5) is 0 Å². The number of carbonyl (C=O) groups excluding carboxylic acids is 1. The summed E-state index contributed by atoms with van der Waals surface area (Å²) in [6, 6.07) is 16.1. The molecule has 1 fully saturated rings. The fraction of sp³-hybridized carbons (Fsp3) is 0.240. The van der Waals surface area contributed by atoms with Gasteiger partial charge in [0.25, 0.3) is 5.91 Å². The molecule has 6 nitrogen and oxygen atoms in total. The van der Waals surface area contributed by atoms with Crippen LogP contribution in [0.3, 0.4) is 0 Å². The standard InChI is InChI=1S/C25H25N5O/c1-18-6-3-4-9-21(18)22-17-30-23(15-27-24(30)16-26-22)19-7-5-8-20(14-19)25(31)29-12-10-28(2)11-13-29/h3-9,14-17H,10-13H2,1-2H3. The van der Waals surface area contributed by atoms with Gasteiger partial charge in [-0.05, 0) is 31.7 Å². The van der Waals surface area contributed by atoms with E-state index in [9.17, 15) is 4.79 Å². The summed E-state index contributed by atoms with van der Waals surface area (Å²) in [4.78, 5) is 26.4. The number of likely N-dealkylation sites (N-methyl/N-ethyl adjacent to an activating group) is 1. The van der Waals surface area contributed by atoms with Crippen LogP contribution in [0.5, 0.6) is 0 Å². The second kappa shape index (κ2) is 7.96. The molecule has 0 spiro atoms. The van der Waals surface area contributed by atoms with E-state index in [4.69, 9.17) is 0 Å². The van der Waals surface area contributed by atoms with Gasteiger partial charge in [0, 0.05) is 49.1 Å². The van der Waals surface area contributed by atoms with E-state index in [0.717, 1.165) is 54.3 Å². The summed E-state index contributed by atoms with van der Waals surface area (Å²) in [5.41, 5.74) is 6.58. The van der Waals surface area contributed by atoms with Crippen molar-refractivity contribution in [3.8, 4) is 22.5 Å². The number of hydrogen-bond acceptors (Lipinski definition) is 4. The number of rotatable bonds is 3. The Bertz CT molecular complexity index is 1250. The Morgan fingerprint density at radius 2 is 1.74 bits per heavy atom. The van der Waals surface area contributed by atoms with Gasteiger partial charge >= 0.3 is 0 Å². The molecular weight excluding hydrogens is 386 g/mol. The number of aromatic nitrogens is 3. The number of nitrogens with zero attached hydrogens (tertiary/aromatic N) is 5. The van der Waals surface area contributed by atoms with Crippen molar-refractivity contribution >= 4 is 11.6 Å². The number of hydrogen-bond donors (Lipinski definition) is 0. The smallest absolute Gasteiger partial charge is 0.253 e. The Labute approximate surface area is 181 Å². The first-order chi connectivity index (χ1) is 15.1. The SMILES string of the molecule is Cc1ccccc1-c1cn2c(-c3cccc(C(=O)N4CCN(C)CC4)c3)cnc2cn1. The third-order valence-electron chi connectivity index (χ3n) is 6.01. The molecule has 2 aromatic carbocycles. The zero-order chi connectivity index (χ0) is 21.4. The van der Waals surface area contributed by atoms with Crippen molar-refractivity contribution < 1.29 is 4.79 Å². The maximum absolute atomic E-state index is 13.0. The fourth-order valence-corrected chi connectivity index (χ4v) is 4.11. The van der Waals surface area contributed by atoms with E-state index in [1.807, 2.05) is 58.1 Å². The molecule has 0 saturated carbocycles. The average molecular weight is 412 g/mol. The van der Waals surface area contributed by atoms with Gasteiger partial charge in [0.1, 0.15) is 0 Å². The van der Waals surface area contributed by atoms with Crippen LogP contribution in [-0.4, -0.2) is 63.3 Å². The highest BCUT2D eigenvalue weighted by molar-refractivity contribution is 5.95. The lowest BCUT2D eigenvalue weighted by Gasteiger charge is -2.32. The number of amides is 1. The van der Waals surface area contributed by atoms with Gasteiger partial charge in [-0.1, -0.05) is 36.4 Å². The Balaban J connectivity index is 1.51. The molecule has 0 bridgehead atoms. The van der Waals surface area contributed by atoms with Crippen molar-refractivity contribution in [3.05, 3.63) is 78.2 Å². The normalized spacial score (nSPS) is 14.8. The lowest BCUT2D eigenvalue weighted by Crippen LogP contribution is -2.47. The van der Waals surface area contributed by atoms with Gasteiger partial charge in [-0.3, -0.25) is 14.2 Å². The summed E-state index contributed by atoms with van der Waals surface area (Å²) in [7, 11) is 2.09. The summed E-state index contributed by atoms with van der Waals surface area (Å²) in [6.07, 6.45) is 5.66. The van der Waals surface area contributed by atoms with Crippen molar-refractivity contribution in [2.24, 2.45) is 0 Å². The minimum Gasteiger partial charge on any atom is -0.336 e. The van der Waals surface area contributed by atoms with Crippen LogP contribution in [0.25, 0.3) is 28.2 Å². The van der Waals surface area contributed by atoms with Crippen molar-refractivity contribution in [2.75, 3.05) is 33.2 Å². The fourth-order valence-electron chi connectivity index (χ4n) is 4.11. The quantitative estimate of drug-likeness (QED) is 0.515. The monoisotopic (exact) mass is 411 g/mol. The van der Waals surface area contributed by atoms with Crippen LogP contribution in [0.15, 0.2) is 67.1 Å². The number of carbonyl (C=O) groups is 1. The number of benzene rings is 2. The van der Waals surface area contributed by atoms with E-state index in [1.165, 1.54) is 5.56 Å². The second-order valence-electron chi connectivity index (χ2n) is 8.14. The molecule has 0 atom stereocenters. The van der Waals surface area contributed by atoms with E-state index in [2.05, 4.69) is 41.0 Å². The molecule has 4 aromatic rings. The summed E-state index contributed by atoms with van der Waals surface area (Å²) in [6.45, 7) is 5.44. The zero-order valence-corrected chi connectivity index (χ0v) is 17.8. The maximum Gasteiger partial charge on any atom is 0.253 e. The first kappa shape index (κ1) is 19.5. The molecule has 2 aromatic heterocycles. The van der Waals surface area contributed by atoms with E-state index >= 15 is 0 Å². The van der Waals surface area contributed by atoms with Gasteiger partial charge in [0.05, 0.1) is 23.8 Å². The lowest BCUT2D eigenvalue weighted by molar-refractivity contribution is 0.0664. The van der Waals surface area contributed by atoms with Crippen LogP contribution in [0.1, 0.15) is 15.9 Å². The van der Waals surface area contributed by atoms with Crippen LogP contribution in [-0.2, 0) is 0 Å². The third kappa shape index (κ3) is 3.70. The highest BCUT2D eigenvalue weighted by atomic mass is 16.2. The van der Waals surface area contributed by atoms with Crippen LogP contribution >= 0.6 is 0 Å². The van der Waals surface area contributed by atoms with Gasteiger partial charge in [-0.2, -0.15) is 0 Å². The molecule has 3 heterocycles.